The Labute approximate surface area is 203 Å². The molecule has 184 valence electrons. The highest BCUT2D eigenvalue weighted by Gasteiger charge is 2.48. The lowest BCUT2D eigenvalue weighted by Gasteiger charge is -2.25. The van der Waals surface area contributed by atoms with E-state index in [2.05, 4.69) is 0 Å². The molecule has 1 fully saturated rings. The van der Waals surface area contributed by atoms with Gasteiger partial charge in [0.25, 0.3) is 11.7 Å². The Morgan fingerprint density at radius 2 is 1.64 bits per heavy atom. The molecule has 1 amide bonds. The minimum absolute atomic E-state index is 0.0158. The number of phenolic OH excluding ortho intramolecular Hbond substituents is 1. The number of aromatic hydroxyl groups is 1. The smallest absolute Gasteiger partial charge is 0.311 e. The Bertz CT molecular complexity index is 1400. The molecule has 3 aromatic rings. The van der Waals surface area contributed by atoms with E-state index in [4.69, 9.17) is 9.47 Å². The second kappa shape index (κ2) is 9.37. The number of anilines is 1. The summed E-state index contributed by atoms with van der Waals surface area (Å²) in [5, 5.41) is 32.8. The van der Waals surface area contributed by atoms with Gasteiger partial charge < -0.3 is 19.7 Å². The number of amides is 1. The number of carbonyl (C=O) groups is 2. The van der Waals surface area contributed by atoms with Crippen LogP contribution >= 0.6 is 0 Å². The summed E-state index contributed by atoms with van der Waals surface area (Å²) in [5.74, 6) is -3.75. The van der Waals surface area contributed by atoms with Crippen LogP contribution in [0.5, 0.6) is 17.2 Å². The molecular formula is C25H19FN2O8. The SMILES string of the molecule is COc1cccc(OC)c1/C(O)=C1\C(=O)C(=O)N(c2ccc(F)cc2)C1c1ccc(O)c([N+](=O)[O-])c1. The van der Waals surface area contributed by atoms with Crippen molar-refractivity contribution >= 4 is 28.8 Å². The van der Waals surface area contributed by atoms with Crippen LogP contribution in [0, 0.1) is 15.9 Å². The van der Waals surface area contributed by atoms with Gasteiger partial charge >= 0.3 is 5.69 Å². The van der Waals surface area contributed by atoms with E-state index < -0.39 is 51.2 Å². The van der Waals surface area contributed by atoms with Crippen molar-refractivity contribution < 1.29 is 38.6 Å². The van der Waals surface area contributed by atoms with Gasteiger partial charge in [0.05, 0.1) is 30.8 Å². The van der Waals surface area contributed by atoms with Crippen LogP contribution < -0.4 is 14.4 Å². The lowest BCUT2D eigenvalue weighted by molar-refractivity contribution is -0.385. The fourth-order valence-corrected chi connectivity index (χ4v) is 4.09. The predicted molar refractivity (Wildman–Crippen MR) is 125 cm³/mol. The normalized spacial score (nSPS) is 16.8. The van der Waals surface area contributed by atoms with E-state index >= 15 is 0 Å². The van der Waals surface area contributed by atoms with Crippen molar-refractivity contribution in [2.75, 3.05) is 19.1 Å². The van der Waals surface area contributed by atoms with Gasteiger partial charge in [-0.15, -0.1) is 0 Å². The highest BCUT2D eigenvalue weighted by Crippen LogP contribution is 2.46. The number of methoxy groups -OCH3 is 2. The summed E-state index contributed by atoms with van der Waals surface area (Å²) >= 11 is 0. The summed E-state index contributed by atoms with van der Waals surface area (Å²) < 4.78 is 24.2. The number of benzene rings is 3. The van der Waals surface area contributed by atoms with Gasteiger partial charge in [-0.1, -0.05) is 12.1 Å². The predicted octanol–water partition coefficient (Wildman–Crippen LogP) is 4.08. The summed E-state index contributed by atoms with van der Waals surface area (Å²) in [6.07, 6.45) is 0. The third-order valence-corrected chi connectivity index (χ3v) is 5.73. The molecule has 3 aromatic carbocycles. The van der Waals surface area contributed by atoms with Crippen molar-refractivity contribution in [2.45, 2.75) is 6.04 Å². The summed E-state index contributed by atoms with van der Waals surface area (Å²) in [6, 6.07) is 11.2. The number of aliphatic hydroxyl groups is 1. The lowest BCUT2D eigenvalue weighted by Crippen LogP contribution is -2.29. The molecule has 1 saturated heterocycles. The van der Waals surface area contributed by atoms with Gasteiger partial charge in [-0.2, -0.15) is 0 Å². The highest BCUT2D eigenvalue weighted by atomic mass is 19.1. The molecule has 0 spiro atoms. The first kappa shape index (κ1) is 24.2. The molecule has 1 heterocycles. The molecule has 36 heavy (non-hydrogen) atoms. The van der Waals surface area contributed by atoms with Crippen molar-refractivity contribution in [1.82, 2.24) is 0 Å². The second-order valence-corrected chi connectivity index (χ2v) is 7.69. The van der Waals surface area contributed by atoms with E-state index in [1.54, 1.807) is 6.07 Å². The monoisotopic (exact) mass is 494 g/mol. The number of hydrogen-bond acceptors (Lipinski definition) is 8. The first-order valence-corrected chi connectivity index (χ1v) is 10.4. The molecule has 11 heteroatoms. The summed E-state index contributed by atoms with van der Waals surface area (Å²) in [5.41, 5.74) is -0.958. The molecular weight excluding hydrogens is 475 g/mol. The van der Waals surface area contributed by atoms with Crippen LogP contribution in [0.4, 0.5) is 15.8 Å². The molecule has 1 atom stereocenters. The van der Waals surface area contributed by atoms with Gasteiger partial charge in [0.1, 0.15) is 28.6 Å². The quantitative estimate of drug-likeness (QED) is 0.172. The summed E-state index contributed by atoms with van der Waals surface area (Å²) in [6.45, 7) is 0. The van der Waals surface area contributed by atoms with Gasteiger partial charge in [-0.25, -0.2) is 4.39 Å². The molecule has 1 unspecified atom stereocenters. The van der Waals surface area contributed by atoms with E-state index in [-0.39, 0.29) is 28.3 Å². The van der Waals surface area contributed by atoms with E-state index in [0.29, 0.717) is 0 Å². The Balaban J connectivity index is 2.05. The minimum Gasteiger partial charge on any atom is -0.506 e. The molecule has 1 aliphatic rings. The number of phenols is 1. The van der Waals surface area contributed by atoms with Gasteiger partial charge in [0.2, 0.25) is 0 Å². The number of ether oxygens (including phenoxy) is 2. The van der Waals surface area contributed by atoms with E-state index in [1.165, 1.54) is 44.6 Å². The molecule has 0 saturated carbocycles. The second-order valence-electron chi connectivity index (χ2n) is 7.69. The van der Waals surface area contributed by atoms with Crippen molar-refractivity contribution in [3.8, 4) is 17.2 Å². The van der Waals surface area contributed by atoms with Crippen molar-refractivity contribution in [3.63, 3.8) is 0 Å². The summed E-state index contributed by atoms with van der Waals surface area (Å²) in [4.78, 5) is 38.1. The van der Waals surface area contributed by atoms with Crippen LogP contribution in [0.1, 0.15) is 17.2 Å². The average molecular weight is 494 g/mol. The molecule has 0 bridgehead atoms. The molecule has 2 N–H and O–H groups in total. The molecule has 0 aliphatic carbocycles. The van der Waals surface area contributed by atoms with Crippen LogP contribution in [0.2, 0.25) is 0 Å². The zero-order chi connectivity index (χ0) is 26.1. The van der Waals surface area contributed by atoms with Crippen molar-refractivity contribution in [3.05, 3.63) is 93.3 Å². The zero-order valence-electron chi connectivity index (χ0n) is 19.0. The highest BCUT2D eigenvalue weighted by molar-refractivity contribution is 6.51. The van der Waals surface area contributed by atoms with Gasteiger partial charge in [0, 0.05) is 11.8 Å². The van der Waals surface area contributed by atoms with Crippen LogP contribution in [0.25, 0.3) is 5.76 Å². The standard InChI is InChI=1S/C25H19FN2O8/c1-35-18-4-3-5-19(36-2)20(18)23(30)21-22(13-6-11-17(29)16(12-13)28(33)34)27(25(32)24(21)31)15-9-7-14(26)8-10-15/h3-12,22,29-30H,1-2H3/b23-21+. The molecule has 0 radical (unpaired) electrons. The Morgan fingerprint density at radius 1 is 1.03 bits per heavy atom. The number of carbonyl (C=O) groups excluding carboxylic acids is 2. The maximum Gasteiger partial charge on any atom is 0.311 e. The number of rotatable bonds is 6. The Hall–Kier alpha value is -4.93. The van der Waals surface area contributed by atoms with Gasteiger partial charge in [-0.05, 0) is 48.0 Å². The molecule has 10 nitrogen and oxygen atoms in total. The van der Waals surface area contributed by atoms with Crippen molar-refractivity contribution in [1.29, 1.82) is 0 Å². The number of Topliss-reactive ketones (excluding diaryl/α,β-unsaturated/α-hetero) is 1. The number of nitrogens with zero attached hydrogens (tertiary/aromatic N) is 2. The van der Waals surface area contributed by atoms with E-state index in [1.807, 2.05) is 0 Å². The maximum absolute atomic E-state index is 13.6. The first-order chi connectivity index (χ1) is 17.2. The Morgan fingerprint density at radius 3 is 2.19 bits per heavy atom. The largest absolute Gasteiger partial charge is 0.506 e. The minimum atomic E-state index is -1.37. The van der Waals surface area contributed by atoms with Crippen molar-refractivity contribution in [2.24, 2.45) is 0 Å². The fourth-order valence-electron chi connectivity index (χ4n) is 4.09. The van der Waals surface area contributed by atoms with Gasteiger partial charge in [-0.3, -0.25) is 24.6 Å². The number of nitro groups is 1. The number of halogens is 1. The zero-order valence-corrected chi connectivity index (χ0v) is 19.0. The third-order valence-electron chi connectivity index (χ3n) is 5.73. The Kier molecular flexibility index (Phi) is 6.30. The molecule has 1 aliphatic heterocycles. The average Bonchev–Trinajstić information content (AvgIpc) is 3.14. The van der Waals surface area contributed by atoms with Crippen LogP contribution in [-0.2, 0) is 9.59 Å². The molecule has 4 rings (SSSR count). The maximum atomic E-state index is 13.6. The van der Waals surface area contributed by atoms with E-state index in [0.717, 1.165) is 29.2 Å². The van der Waals surface area contributed by atoms with E-state index in [9.17, 15) is 34.3 Å². The number of nitro benzene ring substituents is 1. The lowest BCUT2D eigenvalue weighted by atomic mass is 9.94. The number of ketones is 1. The topological polar surface area (TPSA) is 139 Å². The van der Waals surface area contributed by atoms with Gasteiger partial charge in [0.15, 0.2) is 5.75 Å². The van der Waals surface area contributed by atoms with Crippen LogP contribution in [0.3, 0.4) is 0 Å². The number of aliphatic hydroxyl groups excluding tert-OH is 1. The fraction of sp³-hybridized carbons (Fsp3) is 0.120. The van der Waals surface area contributed by atoms with Crippen LogP contribution in [-0.4, -0.2) is 41.0 Å². The van der Waals surface area contributed by atoms with Crippen LogP contribution in [0.15, 0.2) is 66.2 Å². The number of hydrogen-bond donors (Lipinski definition) is 2. The third kappa shape index (κ3) is 3.96. The summed E-state index contributed by atoms with van der Waals surface area (Å²) in [7, 11) is 2.67. The molecule has 0 aromatic heterocycles. The first-order valence-electron chi connectivity index (χ1n) is 10.4.